The number of thiol groups is 1. The van der Waals surface area contributed by atoms with Gasteiger partial charge in [0.05, 0.1) is 5.69 Å². The molecule has 0 atom stereocenters. The van der Waals surface area contributed by atoms with Crippen molar-refractivity contribution in [2.24, 2.45) is 0 Å². The monoisotopic (exact) mass is 213 g/mol. The Hall–Kier alpha value is -0.700. The molecule has 0 aliphatic rings. The Morgan fingerprint density at radius 2 is 2.07 bits per heavy atom. The summed E-state index contributed by atoms with van der Waals surface area (Å²) >= 11 is 4.15. The highest BCUT2D eigenvalue weighted by Crippen LogP contribution is 2.18. The summed E-state index contributed by atoms with van der Waals surface area (Å²) in [6.45, 7) is 3.72. The fourth-order valence-corrected chi connectivity index (χ4v) is 1.56. The van der Waals surface area contributed by atoms with Crippen molar-refractivity contribution in [3.63, 3.8) is 0 Å². The minimum atomic E-state index is -0.145. The van der Waals surface area contributed by atoms with Gasteiger partial charge >= 0.3 is 0 Å². The molecule has 0 saturated heterocycles. The first-order valence-electron chi connectivity index (χ1n) is 4.90. The zero-order valence-electron chi connectivity index (χ0n) is 8.41. The normalized spacial score (nSPS) is 10.2. The predicted molar refractivity (Wildman–Crippen MR) is 62.8 cm³/mol. The van der Waals surface area contributed by atoms with Crippen LogP contribution in [-0.2, 0) is 0 Å². The number of nitrogens with zero attached hydrogens (tertiary/aromatic N) is 1. The van der Waals surface area contributed by atoms with Gasteiger partial charge in [-0.15, -0.1) is 0 Å². The molecule has 0 aromatic heterocycles. The quantitative estimate of drug-likeness (QED) is 0.736. The third kappa shape index (κ3) is 2.91. The molecule has 0 unspecified atom stereocenters. The molecule has 0 aliphatic carbocycles. The summed E-state index contributed by atoms with van der Waals surface area (Å²) < 4.78 is 13.4. The summed E-state index contributed by atoms with van der Waals surface area (Å²) in [5.74, 6) is 0.693. The fourth-order valence-electron chi connectivity index (χ4n) is 1.42. The Balaban J connectivity index is 2.73. The van der Waals surface area contributed by atoms with E-state index in [1.807, 2.05) is 24.0 Å². The molecule has 3 heteroatoms. The molecule has 1 nitrogen and oxygen atoms in total. The van der Waals surface area contributed by atoms with Gasteiger partial charge in [0, 0.05) is 13.1 Å². The maximum Gasteiger partial charge on any atom is 0.146 e. The second-order valence-electron chi connectivity index (χ2n) is 3.11. The van der Waals surface area contributed by atoms with Crippen molar-refractivity contribution >= 4 is 18.3 Å². The van der Waals surface area contributed by atoms with Crippen LogP contribution in [0.25, 0.3) is 0 Å². The van der Waals surface area contributed by atoms with E-state index >= 15 is 0 Å². The van der Waals surface area contributed by atoms with Gasteiger partial charge < -0.3 is 4.90 Å². The van der Waals surface area contributed by atoms with E-state index < -0.39 is 0 Å². The Morgan fingerprint density at radius 3 is 2.64 bits per heavy atom. The molecule has 0 bridgehead atoms. The lowest BCUT2D eigenvalue weighted by Gasteiger charge is -2.23. The molecule has 0 amide bonds. The summed E-state index contributed by atoms with van der Waals surface area (Å²) in [4.78, 5) is 2.03. The average Bonchev–Trinajstić information content (AvgIpc) is 2.21. The van der Waals surface area contributed by atoms with Gasteiger partial charge in [0.2, 0.25) is 0 Å². The molecule has 0 aliphatic heterocycles. The van der Waals surface area contributed by atoms with Gasteiger partial charge in [0.1, 0.15) is 5.82 Å². The molecular weight excluding hydrogens is 197 g/mol. The van der Waals surface area contributed by atoms with E-state index in [2.05, 4.69) is 12.6 Å². The van der Waals surface area contributed by atoms with E-state index in [-0.39, 0.29) is 5.82 Å². The first-order chi connectivity index (χ1) is 6.79. The van der Waals surface area contributed by atoms with E-state index in [1.165, 1.54) is 6.07 Å². The maximum absolute atomic E-state index is 13.4. The zero-order valence-corrected chi connectivity index (χ0v) is 9.30. The first-order valence-corrected chi connectivity index (χ1v) is 5.53. The van der Waals surface area contributed by atoms with Crippen LogP contribution < -0.4 is 4.90 Å². The van der Waals surface area contributed by atoms with Crippen LogP contribution in [0, 0.1) is 5.82 Å². The third-order valence-corrected chi connectivity index (χ3v) is 2.48. The molecule has 0 N–H and O–H groups in total. The molecule has 1 aromatic carbocycles. The highest BCUT2D eigenvalue weighted by Gasteiger charge is 2.07. The molecule has 78 valence electrons. The summed E-state index contributed by atoms with van der Waals surface area (Å²) in [5.41, 5.74) is 0.691. The Kier molecular flexibility index (Phi) is 4.80. The number of hydrogen-bond acceptors (Lipinski definition) is 2. The second-order valence-corrected chi connectivity index (χ2v) is 3.56. The molecule has 1 rings (SSSR count). The lowest BCUT2D eigenvalue weighted by Crippen LogP contribution is -2.25. The summed E-state index contributed by atoms with van der Waals surface area (Å²) in [6.07, 6.45) is 0.977. The van der Waals surface area contributed by atoms with Crippen LogP contribution in [0.15, 0.2) is 24.3 Å². The smallest absolute Gasteiger partial charge is 0.146 e. The fraction of sp³-hybridized carbons (Fsp3) is 0.455. The highest BCUT2D eigenvalue weighted by molar-refractivity contribution is 7.80. The maximum atomic E-state index is 13.4. The van der Waals surface area contributed by atoms with Crippen LogP contribution in [0.5, 0.6) is 0 Å². The Bertz CT molecular complexity index is 278. The number of para-hydroxylation sites is 1. The van der Waals surface area contributed by atoms with Crippen LogP contribution in [0.4, 0.5) is 10.1 Å². The van der Waals surface area contributed by atoms with Crippen molar-refractivity contribution in [1.82, 2.24) is 0 Å². The van der Waals surface area contributed by atoms with Crippen molar-refractivity contribution < 1.29 is 4.39 Å². The molecular formula is C11H16FNS. The number of hydrogen-bond donors (Lipinski definition) is 1. The molecule has 0 saturated carbocycles. The van der Waals surface area contributed by atoms with Gasteiger partial charge in [0.25, 0.3) is 0 Å². The minimum absolute atomic E-state index is 0.145. The number of anilines is 1. The second kappa shape index (κ2) is 5.91. The Morgan fingerprint density at radius 1 is 1.36 bits per heavy atom. The molecule has 1 aromatic rings. The molecule has 0 fully saturated rings. The van der Waals surface area contributed by atoms with E-state index in [4.69, 9.17) is 0 Å². The minimum Gasteiger partial charge on any atom is -0.369 e. The van der Waals surface area contributed by atoms with Gasteiger partial charge in [-0.3, -0.25) is 0 Å². The van der Waals surface area contributed by atoms with Crippen molar-refractivity contribution in [2.75, 3.05) is 23.7 Å². The summed E-state index contributed by atoms with van der Waals surface area (Å²) in [7, 11) is 0. The SMILES string of the molecule is CCN(CCCS)c1ccccc1F. The summed E-state index contributed by atoms with van der Waals surface area (Å²) in [5, 5.41) is 0. The number of benzene rings is 1. The van der Waals surface area contributed by atoms with Crippen molar-refractivity contribution in [3.05, 3.63) is 30.1 Å². The molecule has 0 heterocycles. The standard InChI is InChI=1S/C11H16FNS/c1-2-13(8-5-9-14)11-7-4-3-6-10(11)12/h3-4,6-7,14H,2,5,8-9H2,1H3. The van der Waals surface area contributed by atoms with Gasteiger partial charge in [-0.05, 0) is 31.2 Å². The van der Waals surface area contributed by atoms with Crippen LogP contribution in [0.1, 0.15) is 13.3 Å². The van der Waals surface area contributed by atoms with E-state index in [0.29, 0.717) is 5.69 Å². The first kappa shape index (κ1) is 11.4. The van der Waals surface area contributed by atoms with Gasteiger partial charge in [0.15, 0.2) is 0 Å². The molecule has 0 radical (unpaired) electrons. The van der Waals surface area contributed by atoms with Gasteiger partial charge in [-0.2, -0.15) is 12.6 Å². The third-order valence-electron chi connectivity index (χ3n) is 2.16. The van der Waals surface area contributed by atoms with Crippen LogP contribution in [-0.4, -0.2) is 18.8 Å². The largest absolute Gasteiger partial charge is 0.369 e. The predicted octanol–water partition coefficient (Wildman–Crippen LogP) is 2.97. The van der Waals surface area contributed by atoms with E-state index in [0.717, 1.165) is 25.3 Å². The molecule has 14 heavy (non-hydrogen) atoms. The number of halogens is 1. The topological polar surface area (TPSA) is 3.24 Å². The van der Waals surface area contributed by atoms with E-state index in [9.17, 15) is 4.39 Å². The lowest BCUT2D eigenvalue weighted by molar-refractivity contribution is 0.617. The van der Waals surface area contributed by atoms with Crippen LogP contribution in [0.2, 0.25) is 0 Å². The van der Waals surface area contributed by atoms with Crippen LogP contribution in [0.3, 0.4) is 0 Å². The van der Waals surface area contributed by atoms with Gasteiger partial charge in [-0.25, -0.2) is 4.39 Å². The average molecular weight is 213 g/mol. The number of rotatable bonds is 5. The van der Waals surface area contributed by atoms with Crippen molar-refractivity contribution in [2.45, 2.75) is 13.3 Å². The van der Waals surface area contributed by atoms with E-state index in [1.54, 1.807) is 6.07 Å². The van der Waals surface area contributed by atoms with Crippen LogP contribution >= 0.6 is 12.6 Å². The zero-order chi connectivity index (χ0) is 10.4. The van der Waals surface area contributed by atoms with Crippen molar-refractivity contribution in [1.29, 1.82) is 0 Å². The lowest BCUT2D eigenvalue weighted by atomic mass is 10.2. The van der Waals surface area contributed by atoms with Gasteiger partial charge in [-0.1, -0.05) is 12.1 Å². The summed E-state index contributed by atoms with van der Waals surface area (Å²) in [6, 6.07) is 6.89. The highest BCUT2D eigenvalue weighted by atomic mass is 32.1. The molecule has 0 spiro atoms. The Labute approximate surface area is 90.3 Å². The van der Waals surface area contributed by atoms with Crippen molar-refractivity contribution in [3.8, 4) is 0 Å².